The number of anilines is 1. The van der Waals surface area contributed by atoms with Gasteiger partial charge in [0.05, 0.1) is 11.4 Å². The zero-order valence-corrected chi connectivity index (χ0v) is 16.3. The van der Waals surface area contributed by atoms with Crippen molar-refractivity contribution < 1.29 is 0 Å². The van der Waals surface area contributed by atoms with Crippen LogP contribution in [-0.4, -0.2) is 40.8 Å². The summed E-state index contributed by atoms with van der Waals surface area (Å²) in [5, 5.41) is 8.20. The number of fused-ring (bicyclic) bond motifs is 2. The first kappa shape index (κ1) is 19.0. The number of rotatable bonds is 2. The van der Waals surface area contributed by atoms with Crippen LogP contribution in [0.5, 0.6) is 0 Å². The molecule has 26 heavy (non-hydrogen) atoms. The Labute approximate surface area is 165 Å². The Balaban J connectivity index is 0.000000980. The number of benzene rings is 1. The van der Waals surface area contributed by atoms with Gasteiger partial charge in [0.1, 0.15) is 5.82 Å². The van der Waals surface area contributed by atoms with Crippen molar-refractivity contribution in [1.82, 2.24) is 19.9 Å². The number of halogens is 2. The van der Waals surface area contributed by atoms with Crippen LogP contribution in [0.4, 0.5) is 5.82 Å². The van der Waals surface area contributed by atoms with E-state index in [2.05, 4.69) is 51.7 Å². The molecule has 0 saturated carbocycles. The maximum atomic E-state index is 4.83. The molecule has 1 N–H and O–H groups in total. The van der Waals surface area contributed by atoms with Crippen LogP contribution in [0.1, 0.15) is 5.69 Å². The molecule has 2 fully saturated rings. The van der Waals surface area contributed by atoms with E-state index in [1.807, 2.05) is 17.5 Å². The third-order valence-corrected chi connectivity index (χ3v) is 5.31. The Morgan fingerprint density at radius 1 is 1.00 bits per heavy atom. The Kier molecular flexibility index (Phi) is 5.42. The van der Waals surface area contributed by atoms with Gasteiger partial charge in [-0.05, 0) is 18.8 Å². The first-order valence-corrected chi connectivity index (χ1v) is 8.66. The maximum Gasteiger partial charge on any atom is 0.158 e. The summed E-state index contributed by atoms with van der Waals surface area (Å²) < 4.78 is 2.01. The molecule has 2 saturated heterocycles. The Morgan fingerprint density at radius 3 is 2.38 bits per heavy atom. The van der Waals surface area contributed by atoms with Crippen molar-refractivity contribution in [3.05, 3.63) is 48.2 Å². The fraction of sp³-hybridized carbons (Fsp3) is 0.368. The first-order chi connectivity index (χ1) is 11.8. The van der Waals surface area contributed by atoms with Gasteiger partial charge in [-0.25, -0.2) is 4.98 Å². The van der Waals surface area contributed by atoms with Crippen LogP contribution in [0.2, 0.25) is 0 Å². The van der Waals surface area contributed by atoms with Crippen molar-refractivity contribution in [2.45, 2.75) is 6.92 Å². The molecule has 138 valence electrons. The van der Waals surface area contributed by atoms with E-state index < -0.39 is 0 Å². The normalized spacial score (nSPS) is 21.3. The standard InChI is InChI=1S/C19H21N5.2ClH/c1-13-7-18-21-17(14-5-3-2-4-6-14)8-19(24(18)22-13)23-11-15-9-20-10-16(15)12-23;;/h2-8,15-16,20H,9-12H2,1H3;2*1H/t15-,16+;;. The maximum absolute atomic E-state index is 4.83. The summed E-state index contributed by atoms with van der Waals surface area (Å²) in [7, 11) is 0. The lowest BCUT2D eigenvalue weighted by Gasteiger charge is -2.21. The van der Waals surface area contributed by atoms with Crippen molar-refractivity contribution in [2.24, 2.45) is 11.8 Å². The van der Waals surface area contributed by atoms with Crippen molar-refractivity contribution >= 4 is 36.3 Å². The number of hydrogen-bond donors (Lipinski definition) is 1. The zero-order chi connectivity index (χ0) is 16.1. The van der Waals surface area contributed by atoms with E-state index in [9.17, 15) is 0 Å². The highest BCUT2D eigenvalue weighted by Crippen LogP contribution is 2.32. The van der Waals surface area contributed by atoms with Crippen LogP contribution in [0.3, 0.4) is 0 Å². The van der Waals surface area contributed by atoms with Crippen LogP contribution in [-0.2, 0) is 0 Å². The number of nitrogens with zero attached hydrogens (tertiary/aromatic N) is 4. The molecular weight excluding hydrogens is 369 g/mol. The van der Waals surface area contributed by atoms with Gasteiger partial charge in [0, 0.05) is 43.9 Å². The van der Waals surface area contributed by atoms with Gasteiger partial charge in [-0.1, -0.05) is 30.3 Å². The molecule has 0 unspecified atom stereocenters. The quantitative estimate of drug-likeness (QED) is 0.728. The molecule has 0 spiro atoms. The minimum atomic E-state index is 0. The Bertz CT molecular complexity index is 884. The molecule has 2 aromatic heterocycles. The lowest BCUT2D eigenvalue weighted by molar-refractivity contribution is 0.533. The predicted octanol–water partition coefficient (Wildman–Crippen LogP) is 3.20. The van der Waals surface area contributed by atoms with E-state index >= 15 is 0 Å². The second kappa shape index (κ2) is 7.43. The second-order valence-electron chi connectivity index (χ2n) is 7.00. The van der Waals surface area contributed by atoms with E-state index in [1.54, 1.807) is 0 Å². The molecule has 3 aromatic rings. The van der Waals surface area contributed by atoms with Gasteiger partial charge in [0.2, 0.25) is 0 Å². The predicted molar refractivity (Wildman–Crippen MR) is 110 cm³/mol. The molecule has 2 aliphatic rings. The summed E-state index contributed by atoms with van der Waals surface area (Å²) in [4.78, 5) is 7.32. The summed E-state index contributed by atoms with van der Waals surface area (Å²) >= 11 is 0. The Morgan fingerprint density at radius 2 is 1.69 bits per heavy atom. The van der Waals surface area contributed by atoms with Crippen molar-refractivity contribution in [3.8, 4) is 11.3 Å². The lowest BCUT2D eigenvalue weighted by atomic mass is 10.0. The SMILES string of the molecule is Cc1cc2nc(-c3ccccc3)cc(N3C[C@H]4CNC[C@H]4C3)n2n1.Cl.Cl. The fourth-order valence-electron chi connectivity index (χ4n) is 4.10. The van der Waals surface area contributed by atoms with Gasteiger partial charge in [-0.2, -0.15) is 9.61 Å². The zero-order valence-electron chi connectivity index (χ0n) is 14.6. The first-order valence-electron chi connectivity index (χ1n) is 8.66. The molecule has 0 aliphatic carbocycles. The fourth-order valence-corrected chi connectivity index (χ4v) is 4.10. The topological polar surface area (TPSA) is 45.5 Å². The van der Waals surface area contributed by atoms with Crippen LogP contribution < -0.4 is 10.2 Å². The minimum absolute atomic E-state index is 0. The average molecular weight is 392 g/mol. The summed E-state index contributed by atoms with van der Waals surface area (Å²) in [5.41, 5.74) is 4.11. The summed E-state index contributed by atoms with van der Waals surface area (Å²) in [5.74, 6) is 2.68. The molecule has 0 radical (unpaired) electrons. The highest BCUT2D eigenvalue weighted by Gasteiger charge is 2.37. The third-order valence-electron chi connectivity index (χ3n) is 5.31. The molecule has 0 bridgehead atoms. The number of nitrogens with one attached hydrogen (secondary N) is 1. The van der Waals surface area contributed by atoms with Crippen LogP contribution in [0.15, 0.2) is 42.5 Å². The second-order valence-corrected chi connectivity index (χ2v) is 7.00. The molecule has 2 aliphatic heterocycles. The smallest absolute Gasteiger partial charge is 0.158 e. The minimum Gasteiger partial charge on any atom is -0.356 e. The van der Waals surface area contributed by atoms with Crippen molar-refractivity contribution in [1.29, 1.82) is 0 Å². The highest BCUT2D eigenvalue weighted by molar-refractivity contribution is 5.85. The van der Waals surface area contributed by atoms with Crippen LogP contribution in [0, 0.1) is 18.8 Å². The van der Waals surface area contributed by atoms with E-state index in [-0.39, 0.29) is 24.8 Å². The lowest BCUT2D eigenvalue weighted by Crippen LogP contribution is -2.27. The molecule has 0 amide bonds. The molecule has 4 heterocycles. The van der Waals surface area contributed by atoms with Gasteiger partial charge in [-0.15, -0.1) is 24.8 Å². The van der Waals surface area contributed by atoms with Crippen molar-refractivity contribution in [3.63, 3.8) is 0 Å². The van der Waals surface area contributed by atoms with Gasteiger partial charge in [-0.3, -0.25) is 0 Å². The molecular formula is C19H23Cl2N5. The Hall–Kier alpha value is -1.82. The van der Waals surface area contributed by atoms with Crippen LogP contribution in [0.25, 0.3) is 16.9 Å². The van der Waals surface area contributed by atoms with Gasteiger partial charge >= 0.3 is 0 Å². The number of aryl methyl sites for hydroxylation is 1. The van der Waals surface area contributed by atoms with E-state index in [4.69, 9.17) is 4.98 Å². The molecule has 7 heteroatoms. The van der Waals surface area contributed by atoms with Crippen molar-refractivity contribution in [2.75, 3.05) is 31.1 Å². The third kappa shape index (κ3) is 3.15. The van der Waals surface area contributed by atoms with Gasteiger partial charge < -0.3 is 10.2 Å². The van der Waals surface area contributed by atoms with E-state index in [1.165, 1.54) is 5.82 Å². The average Bonchev–Trinajstić information content (AvgIpc) is 3.27. The molecule has 5 rings (SSSR count). The monoisotopic (exact) mass is 391 g/mol. The largest absolute Gasteiger partial charge is 0.356 e. The number of hydrogen-bond acceptors (Lipinski definition) is 4. The summed E-state index contributed by atoms with van der Waals surface area (Å²) in [6, 6.07) is 14.7. The molecule has 1 aromatic carbocycles. The van der Waals surface area contributed by atoms with E-state index in [0.717, 1.165) is 60.6 Å². The molecule has 2 atom stereocenters. The van der Waals surface area contributed by atoms with Gasteiger partial charge in [0.15, 0.2) is 5.65 Å². The summed E-state index contributed by atoms with van der Waals surface area (Å²) in [6.07, 6.45) is 0. The summed E-state index contributed by atoms with van der Waals surface area (Å²) in [6.45, 7) is 6.51. The van der Waals surface area contributed by atoms with E-state index in [0.29, 0.717) is 0 Å². The highest BCUT2D eigenvalue weighted by atomic mass is 35.5. The molecule has 5 nitrogen and oxygen atoms in total. The van der Waals surface area contributed by atoms with Gasteiger partial charge in [0.25, 0.3) is 0 Å². The number of aromatic nitrogens is 3. The van der Waals surface area contributed by atoms with Crippen LogP contribution >= 0.6 is 24.8 Å².